The number of nitrogens with one attached hydrogen (secondary N) is 1. The summed E-state index contributed by atoms with van der Waals surface area (Å²) in [5.74, 6) is 1.59. The second-order valence-electron chi connectivity index (χ2n) is 7.80. The van der Waals surface area contributed by atoms with Crippen LogP contribution in [0.3, 0.4) is 0 Å². The standard InChI is InChI=1S/C23H26N2O3/c1-28-23(27)24-21(12-16-8-4-2-5-9-16)22(26)25-14-18-13-19(20(18)15-25)17-10-6-3-7-11-17/h2-11,18-21H,12-15H2,1H3,(H,24,27)/t18-,19-,20+,21?/m0/s1. The Morgan fingerprint density at radius 1 is 1.07 bits per heavy atom. The predicted octanol–water partition coefficient (Wildman–Crippen LogP) is 3.22. The molecule has 4 rings (SSSR count). The number of carbonyl (C=O) groups is 2. The molecule has 1 unspecified atom stereocenters. The van der Waals surface area contributed by atoms with E-state index in [4.69, 9.17) is 4.74 Å². The van der Waals surface area contributed by atoms with Crippen LogP contribution in [0.15, 0.2) is 60.7 Å². The second-order valence-corrected chi connectivity index (χ2v) is 7.80. The third-order valence-corrected chi connectivity index (χ3v) is 6.16. The first kappa shape index (κ1) is 18.5. The van der Waals surface area contributed by atoms with Crippen LogP contribution in [-0.2, 0) is 16.0 Å². The van der Waals surface area contributed by atoms with Gasteiger partial charge in [0.05, 0.1) is 7.11 Å². The summed E-state index contributed by atoms with van der Waals surface area (Å²) >= 11 is 0. The summed E-state index contributed by atoms with van der Waals surface area (Å²) in [6.45, 7) is 1.54. The van der Waals surface area contributed by atoms with Crippen molar-refractivity contribution in [2.75, 3.05) is 20.2 Å². The van der Waals surface area contributed by atoms with Gasteiger partial charge < -0.3 is 15.0 Å². The lowest BCUT2D eigenvalue weighted by Crippen LogP contribution is -2.49. The van der Waals surface area contributed by atoms with E-state index < -0.39 is 12.1 Å². The number of benzene rings is 2. The van der Waals surface area contributed by atoms with Gasteiger partial charge in [0.25, 0.3) is 0 Å². The van der Waals surface area contributed by atoms with E-state index in [1.165, 1.54) is 12.7 Å². The summed E-state index contributed by atoms with van der Waals surface area (Å²) in [6, 6.07) is 19.7. The maximum Gasteiger partial charge on any atom is 0.407 e. The molecule has 0 spiro atoms. The number of methoxy groups -OCH3 is 1. The fraction of sp³-hybridized carbons (Fsp3) is 0.391. The van der Waals surface area contributed by atoms with Crippen LogP contribution in [0.5, 0.6) is 0 Å². The predicted molar refractivity (Wildman–Crippen MR) is 107 cm³/mol. The number of fused-ring (bicyclic) bond motifs is 1. The molecule has 5 heteroatoms. The van der Waals surface area contributed by atoms with Crippen molar-refractivity contribution in [3.63, 3.8) is 0 Å². The van der Waals surface area contributed by atoms with Gasteiger partial charge in [-0.2, -0.15) is 0 Å². The fourth-order valence-electron chi connectivity index (χ4n) is 4.64. The van der Waals surface area contributed by atoms with Gasteiger partial charge in [0.1, 0.15) is 6.04 Å². The maximum atomic E-state index is 13.2. The lowest BCUT2D eigenvalue weighted by Gasteiger charge is -2.39. The summed E-state index contributed by atoms with van der Waals surface area (Å²) in [6.07, 6.45) is 1.02. The third kappa shape index (κ3) is 3.75. The van der Waals surface area contributed by atoms with Crippen molar-refractivity contribution >= 4 is 12.0 Å². The van der Waals surface area contributed by atoms with Crippen LogP contribution in [0.4, 0.5) is 4.79 Å². The van der Waals surface area contributed by atoms with Gasteiger partial charge in [0, 0.05) is 19.5 Å². The van der Waals surface area contributed by atoms with Crippen molar-refractivity contribution < 1.29 is 14.3 Å². The number of carbonyl (C=O) groups excluding carboxylic acids is 2. The molecule has 2 fully saturated rings. The average molecular weight is 378 g/mol. The number of ether oxygens (including phenoxy) is 1. The minimum absolute atomic E-state index is 0.0181. The molecule has 1 aliphatic heterocycles. The van der Waals surface area contributed by atoms with Crippen molar-refractivity contribution in [3.05, 3.63) is 71.8 Å². The first-order valence-electron chi connectivity index (χ1n) is 9.88. The molecule has 2 aromatic carbocycles. The zero-order valence-corrected chi connectivity index (χ0v) is 16.1. The molecule has 0 aromatic heterocycles. The van der Waals surface area contributed by atoms with Crippen molar-refractivity contribution in [3.8, 4) is 0 Å². The SMILES string of the molecule is COC(=O)NC(Cc1ccccc1)C(=O)N1C[C@@H]2C[C@@H](c3ccccc3)[C@@H]2C1. The number of alkyl carbamates (subject to hydrolysis) is 1. The molecule has 1 N–H and O–H groups in total. The van der Waals surface area contributed by atoms with E-state index >= 15 is 0 Å². The van der Waals surface area contributed by atoms with Crippen LogP contribution in [0, 0.1) is 11.8 Å². The van der Waals surface area contributed by atoms with Gasteiger partial charge in [0.2, 0.25) is 5.91 Å². The quantitative estimate of drug-likeness (QED) is 0.869. The molecule has 1 saturated heterocycles. The molecule has 2 amide bonds. The van der Waals surface area contributed by atoms with Crippen molar-refractivity contribution in [1.82, 2.24) is 10.2 Å². The topological polar surface area (TPSA) is 58.6 Å². The number of nitrogens with zero attached hydrogens (tertiary/aromatic N) is 1. The first-order chi connectivity index (χ1) is 13.7. The van der Waals surface area contributed by atoms with E-state index in [-0.39, 0.29) is 5.91 Å². The van der Waals surface area contributed by atoms with E-state index in [0.717, 1.165) is 25.1 Å². The summed E-state index contributed by atoms with van der Waals surface area (Å²) in [5.41, 5.74) is 2.38. The summed E-state index contributed by atoms with van der Waals surface area (Å²) in [4.78, 5) is 27.0. The first-order valence-corrected chi connectivity index (χ1v) is 9.88. The maximum absolute atomic E-state index is 13.2. The molecular formula is C23H26N2O3. The highest BCUT2D eigenvalue weighted by molar-refractivity contribution is 5.86. The molecular weight excluding hydrogens is 352 g/mol. The van der Waals surface area contributed by atoms with Crippen molar-refractivity contribution in [2.24, 2.45) is 11.8 Å². The number of amides is 2. The molecule has 0 radical (unpaired) electrons. The van der Waals surface area contributed by atoms with Crippen LogP contribution < -0.4 is 5.32 Å². The normalized spacial score (nSPS) is 24.0. The largest absolute Gasteiger partial charge is 0.453 e. The Morgan fingerprint density at radius 3 is 2.43 bits per heavy atom. The van der Waals surface area contributed by atoms with E-state index in [9.17, 15) is 9.59 Å². The Bertz CT molecular complexity index is 824. The minimum atomic E-state index is -0.609. The van der Waals surface area contributed by atoms with Crippen LogP contribution in [-0.4, -0.2) is 43.1 Å². The zero-order valence-electron chi connectivity index (χ0n) is 16.1. The molecule has 146 valence electrons. The van der Waals surface area contributed by atoms with Gasteiger partial charge in [-0.3, -0.25) is 4.79 Å². The molecule has 2 aliphatic rings. The number of likely N-dealkylation sites (tertiary alicyclic amines) is 1. The molecule has 0 bridgehead atoms. The van der Waals surface area contributed by atoms with Crippen LogP contribution in [0.1, 0.15) is 23.5 Å². The number of hydrogen-bond donors (Lipinski definition) is 1. The van der Waals surface area contributed by atoms with Gasteiger partial charge in [-0.25, -0.2) is 4.79 Å². The highest BCUT2D eigenvalue weighted by atomic mass is 16.5. The highest BCUT2D eigenvalue weighted by Gasteiger charge is 2.49. The van der Waals surface area contributed by atoms with Crippen LogP contribution in [0.2, 0.25) is 0 Å². The van der Waals surface area contributed by atoms with Crippen LogP contribution >= 0.6 is 0 Å². The zero-order chi connectivity index (χ0) is 19.5. The summed E-state index contributed by atoms with van der Waals surface area (Å²) in [7, 11) is 1.32. The van der Waals surface area contributed by atoms with E-state index in [1.807, 2.05) is 41.3 Å². The molecule has 5 nitrogen and oxygen atoms in total. The monoisotopic (exact) mass is 378 g/mol. The van der Waals surface area contributed by atoms with Gasteiger partial charge in [-0.1, -0.05) is 60.7 Å². The number of hydrogen-bond acceptors (Lipinski definition) is 3. The molecule has 28 heavy (non-hydrogen) atoms. The molecule has 2 aromatic rings. The van der Waals surface area contributed by atoms with E-state index in [1.54, 1.807) is 0 Å². The molecule has 1 aliphatic carbocycles. The van der Waals surface area contributed by atoms with Crippen molar-refractivity contribution in [1.29, 1.82) is 0 Å². The lowest BCUT2D eigenvalue weighted by atomic mass is 9.64. The van der Waals surface area contributed by atoms with Gasteiger partial charge in [-0.05, 0) is 35.3 Å². The molecule has 4 atom stereocenters. The summed E-state index contributed by atoms with van der Waals surface area (Å²) in [5, 5.41) is 2.73. The van der Waals surface area contributed by atoms with E-state index in [2.05, 4.69) is 29.6 Å². The Morgan fingerprint density at radius 2 is 1.75 bits per heavy atom. The van der Waals surface area contributed by atoms with Crippen molar-refractivity contribution in [2.45, 2.75) is 24.8 Å². The fourth-order valence-corrected chi connectivity index (χ4v) is 4.64. The van der Waals surface area contributed by atoms with Gasteiger partial charge in [-0.15, -0.1) is 0 Å². The average Bonchev–Trinajstić information content (AvgIpc) is 3.05. The van der Waals surface area contributed by atoms with Gasteiger partial charge in [0.15, 0.2) is 0 Å². The van der Waals surface area contributed by atoms with E-state index in [0.29, 0.717) is 24.2 Å². The smallest absolute Gasteiger partial charge is 0.407 e. The number of rotatable bonds is 5. The summed E-state index contributed by atoms with van der Waals surface area (Å²) < 4.78 is 4.74. The highest BCUT2D eigenvalue weighted by Crippen LogP contribution is 2.51. The Labute approximate surface area is 165 Å². The molecule has 1 heterocycles. The Kier molecular flexibility index (Phi) is 5.33. The third-order valence-electron chi connectivity index (χ3n) is 6.16. The minimum Gasteiger partial charge on any atom is -0.453 e. The van der Waals surface area contributed by atoms with Gasteiger partial charge >= 0.3 is 6.09 Å². The second kappa shape index (κ2) is 8.05. The lowest BCUT2D eigenvalue weighted by molar-refractivity contribution is -0.132. The van der Waals surface area contributed by atoms with Crippen LogP contribution in [0.25, 0.3) is 0 Å². The molecule has 1 saturated carbocycles. The Balaban J connectivity index is 1.44. The Hall–Kier alpha value is -2.82.